The standard InChI is InChI=1S/C31H32N2O4/c1-19(2)31(35)33-25-13-9-8-12-23(25)32-24-16-22(20-10-6-5-7-11-20)17-26(34)29(24)30(33)21-14-15-27(36-3)28(18-21)37-4/h5-15,18-19,22,30,32H,16-17H2,1-4H3/t22-,30-/m1/s1. The fraction of sp³-hybridized carbons (Fsp3) is 0.290. The van der Waals surface area contributed by atoms with Crippen molar-refractivity contribution in [1.29, 1.82) is 0 Å². The van der Waals surface area contributed by atoms with Crippen LogP contribution in [0.15, 0.2) is 84.1 Å². The quantitative estimate of drug-likeness (QED) is 0.452. The smallest absolute Gasteiger partial charge is 0.230 e. The van der Waals surface area contributed by atoms with Crippen LogP contribution in [0.3, 0.4) is 0 Å². The lowest BCUT2D eigenvalue weighted by Gasteiger charge is -2.36. The Morgan fingerprint density at radius 3 is 2.30 bits per heavy atom. The molecule has 6 heteroatoms. The highest BCUT2D eigenvalue weighted by Gasteiger charge is 2.42. The van der Waals surface area contributed by atoms with Crippen LogP contribution in [0.25, 0.3) is 0 Å². The second kappa shape index (κ2) is 10.1. The number of allylic oxidation sites excluding steroid dienone is 1. The third-order valence-electron chi connectivity index (χ3n) is 7.21. The van der Waals surface area contributed by atoms with Gasteiger partial charge in [-0.1, -0.05) is 62.4 Å². The van der Waals surface area contributed by atoms with E-state index in [4.69, 9.17) is 9.47 Å². The van der Waals surface area contributed by atoms with Gasteiger partial charge < -0.3 is 14.8 Å². The monoisotopic (exact) mass is 496 g/mol. The van der Waals surface area contributed by atoms with E-state index in [2.05, 4.69) is 17.4 Å². The van der Waals surface area contributed by atoms with Gasteiger partial charge >= 0.3 is 0 Å². The van der Waals surface area contributed by atoms with Crippen molar-refractivity contribution in [2.75, 3.05) is 24.4 Å². The number of hydrogen-bond donors (Lipinski definition) is 1. The zero-order chi connectivity index (χ0) is 26.1. The Labute approximate surface area is 217 Å². The molecule has 5 rings (SSSR count). The number of methoxy groups -OCH3 is 2. The molecule has 0 radical (unpaired) electrons. The number of amides is 1. The molecule has 6 nitrogen and oxygen atoms in total. The average molecular weight is 497 g/mol. The molecule has 2 atom stereocenters. The van der Waals surface area contributed by atoms with Crippen LogP contribution in [0.4, 0.5) is 11.4 Å². The summed E-state index contributed by atoms with van der Waals surface area (Å²) in [4.78, 5) is 29.7. The van der Waals surface area contributed by atoms with Gasteiger partial charge in [0.05, 0.1) is 31.6 Å². The molecular formula is C31H32N2O4. The number of fused-ring (bicyclic) bond motifs is 1. The predicted octanol–water partition coefficient (Wildman–Crippen LogP) is 6.26. The Bertz CT molecular complexity index is 1360. The Morgan fingerprint density at radius 1 is 0.892 bits per heavy atom. The van der Waals surface area contributed by atoms with Crippen LogP contribution < -0.4 is 19.7 Å². The third kappa shape index (κ3) is 4.48. The molecular weight excluding hydrogens is 464 g/mol. The number of benzene rings is 3. The fourth-order valence-electron chi connectivity index (χ4n) is 5.41. The molecule has 1 heterocycles. The normalized spacial score (nSPS) is 19.1. The molecule has 0 spiro atoms. The Balaban J connectivity index is 1.74. The summed E-state index contributed by atoms with van der Waals surface area (Å²) in [7, 11) is 3.18. The number of para-hydroxylation sites is 2. The van der Waals surface area contributed by atoms with E-state index in [0.29, 0.717) is 29.9 Å². The Hall–Kier alpha value is -4.06. The molecule has 3 aromatic carbocycles. The lowest BCUT2D eigenvalue weighted by molar-refractivity contribution is -0.121. The summed E-state index contributed by atoms with van der Waals surface area (Å²) in [6, 6.07) is 22.9. The average Bonchev–Trinajstić information content (AvgIpc) is 3.07. The van der Waals surface area contributed by atoms with E-state index in [9.17, 15) is 9.59 Å². The minimum atomic E-state index is -0.606. The van der Waals surface area contributed by atoms with Crippen LogP contribution in [0.5, 0.6) is 11.5 Å². The molecule has 1 aliphatic carbocycles. The van der Waals surface area contributed by atoms with Crippen molar-refractivity contribution in [2.24, 2.45) is 5.92 Å². The number of nitrogens with one attached hydrogen (secondary N) is 1. The molecule has 190 valence electrons. The summed E-state index contributed by atoms with van der Waals surface area (Å²) in [6.07, 6.45) is 1.06. The third-order valence-corrected chi connectivity index (χ3v) is 7.21. The van der Waals surface area contributed by atoms with Gasteiger partial charge in [0.25, 0.3) is 0 Å². The van der Waals surface area contributed by atoms with Crippen molar-refractivity contribution >= 4 is 23.1 Å². The molecule has 2 aliphatic rings. The summed E-state index contributed by atoms with van der Waals surface area (Å²) in [5, 5.41) is 3.58. The summed E-state index contributed by atoms with van der Waals surface area (Å²) < 4.78 is 11.1. The van der Waals surface area contributed by atoms with Crippen LogP contribution in [-0.4, -0.2) is 25.9 Å². The highest BCUT2D eigenvalue weighted by Crippen LogP contribution is 2.48. The first-order valence-corrected chi connectivity index (χ1v) is 12.6. The zero-order valence-corrected chi connectivity index (χ0v) is 21.7. The summed E-state index contributed by atoms with van der Waals surface area (Å²) >= 11 is 0. The lowest BCUT2D eigenvalue weighted by atomic mass is 9.78. The first-order chi connectivity index (χ1) is 17.9. The first-order valence-electron chi connectivity index (χ1n) is 12.6. The molecule has 0 saturated carbocycles. The van der Waals surface area contributed by atoms with Crippen molar-refractivity contribution in [1.82, 2.24) is 0 Å². The van der Waals surface area contributed by atoms with Gasteiger partial charge in [0.1, 0.15) is 0 Å². The Morgan fingerprint density at radius 2 is 1.59 bits per heavy atom. The maximum Gasteiger partial charge on any atom is 0.230 e. The van der Waals surface area contributed by atoms with Gasteiger partial charge in [0.2, 0.25) is 5.91 Å². The maximum absolute atomic E-state index is 14.0. The zero-order valence-electron chi connectivity index (χ0n) is 21.7. The lowest BCUT2D eigenvalue weighted by Crippen LogP contribution is -2.40. The van der Waals surface area contributed by atoms with E-state index in [-0.39, 0.29) is 23.5 Å². The molecule has 1 aliphatic heterocycles. The number of carbonyl (C=O) groups excluding carboxylic acids is 2. The van der Waals surface area contributed by atoms with Gasteiger partial charge in [-0.25, -0.2) is 0 Å². The molecule has 1 N–H and O–H groups in total. The van der Waals surface area contributed by atoms with Gasteiger partial charge in [0, 0.05) is 23.6 Å². The molecule has 0 fully saturated rings. The highest BCUT2D eigenvalue weighted by molar-refractivity contribution is 6.06. The fourth-order valence-corrected chi connectivity index (χ4v) is 5.41. The molecule has 0 unspecified atom stereocenters. The van der Waals surface area contributed by atoms with Crippen molar-refractivity contribution in [2.45, 2.75) is 38.6 Å². The number of carbonyl (C=O) groups is 2. The van der Waals surface area contributed by atoms with E-state index in [1.807, 2.05) is 74.5 Å². The van der Waals surface area contributed by atoms with E-state index in [1.54, 1.807) is 19.1 Å². The molecule has 0 aromatic heterocycles. The van der Waals surface area contributed by atoms with Crippen molar-refractivity contribution < 1.29 is 19.1 Å². The topological polar surface area (TPSA) is 67.9 Å². The van der Waals surface area contributed by atoms with Crippen LogP contribution in [-0.2, 0) is 9.59 Å². The number of nitrogens with zero attached hydrogens (tertiary/aromatic N) is 1. The SMILES string of the molecule is COc1ccc([C@@H]2C3=C(C[C@@H](c4ccccc4)CC3=O)Nc3ccccc3N2C(=O)C(C)C)cc1OC. The maximum atomic E-state index is 14.0. The predicted molar refractivity (Wildman–Crippen MR) is 145 cm³/mol. The van der Waals surface area contributed by atoms with Gasteiger partial charge in [0.15, 0.2) is 17.3 Å². The minimum Gasteiger partial charge on any atom is -0.493 e. The molecule has 3 aromatic rings. The second-order valence-electron chi connectivity index (χ2n) is 9.85. The van der Waals surface area contributed by atoms with E-state index < -0.39 is 6.04 Å². The first kappa shape index (κ1) is 24.6. The van der Waals surface area contributed by atoms with Gasteiger partial charge in [-0.15, -0.1) is 0 Å². The Kier molecular flexibility index (Phi) is 6.74. The number of hydrogen-bond acceptors (Lipinski definition) is 5. The molecule has 0 saturated heterocycles. The van der Waals surface area contributed by atoms with Gasteiger partial charge in [-0.05, 0) is 47.7 Å². The van der Waals surface area contributed by atoms with Gasteiger partial charge in [-0.3, -0.25) is 14.5 Å². The van der Waals surface area contributed by atoms with E-state index in [0.717, 1.165) is 28.2 Å². The van der Waals surface area contributed by atoms with E-state index in [1.165, 1.54) is 0 Å². The highest BCUT2D eigenvalue weighted by atomic mass is 16.5. The summed E-state index contributed by atoms with van der Waals surface area (Å²) in [6.45, 7) is 3.77. The van der Waals surface area contributed by atoms with Crippen LogP contribution in [0, 0.1) is 5.92 Å². The van der Waals surface area contributed by atoms with Crippen molar-refractivity contribution in [3.8, 4) is 11.5 Å². The van der Waals surface area contributed by atoms with Gasteiger partial charge in [-0.2, -0.15) is 0 Å². The van der Waals surface area contributed by atoms with Crippen LogP contribution in [0.2, 0.25) is 0 Å². The molecule has 1 amide bonds. The van der Waals surface area contributed by atoms with E-state index >= 15 is 0 Å². The number of Topliss-reactive ketones (excluding diaryl/α,β-unsaturated/α-hetero) is 1. The summed E-state index contributed by atoms with van der Waals surface area (Å²) in [5.74, 6) is 0.917. The summed E-state index contributed by atoms with van der Waals surface area (Å²) in [5.41, 5.74) is 4.98. The van der Waals surface area contributed by atoms with Crippen LogP contribution >= 0.6 is 0 Å². The number of ketones is 1. The minimum absolute atomic E-state index is 0.0387. The number of rotatable bonds is 5. The second-order valence-corrected chi connectivity index (χ2v) is 9.85. The van der Waals surface area contributed by atoms with Crippen LogP contribution in [0.1, 0.15) is 49.8 Å². The largest absolute Gasteiger partial charge is 0.493 e. The number of ether oxygens (including phenoxy) is 2. The van der Waals surface area contributed by atoms with Crippen molar-refractivity contribution in [3.63, 3.8) is 0 Å². The molecule has 37 heavy (non-hydrogen) atoms. The van der Waals surface area contributed by atoms with Crippen molar-refractivity contribution in [3.05, 3.63) is 95.2 Å². The molecule has 0 bridgehead atoms. The number of anilines is 2.